The van der Waals surface area contributed by atoms with Crippen molar-refractivity contribution in [2.75, 3.05) is 13.6 Å². The average molecular weight is 439 g/mol. The van der Waals surface area contributed by atoms with Gasteiger partial charge in [0.25, 0.3) is 0 Å². The molecule has 0 aromatic heterocycles. The minimum absolute atomic E-state index is 0.335. The Kier molecular flexibility index (Phi) is 9.29. The Labute approximate surface area is 193 Å². The molecule has 4 rings (SSSR count). The van der Waals surface area contributed by atoms with E-state index in [0.717, 1.165) is 36.7 Å². The Morgan fingerprint density at radius 2 is 1.19 bits per heavy atom. The van der Waals surface area contributed by atoms with Crippen LogP contribution in [0.3, 0.4) is 0 Å². The predicted molar refractivity (Wildman–Crippen MR) is 127 cm³/mol. The maximum atomic E-state index is 5.94. The van der Waals surface area contributed by atoms with Gasteiger partial charge in [-0.05, 0) is 87.1 Å². The van der Waals surface area contributed by atoms with Gasteiger partial charge in [0.1, 0.15) is 11.5 Å². The first-order valence-corrected chi connectivity index (χ1v) is 12.5. The molecule has 0 radical (unpaired) electrons. The van der Waals surface area contributed by atoms with Crippen molar-refractivity contribution in [1.29, 1.82) is 0 Å². The van der Waals surface area contributed by atoms with Crippen LogP contribution in [0.5, 0.6) is 11.5 Å². The maximum absolute atomic E-state index is 5.94. The summed E-state index contributed by atoms with van der Waals surface area (Å²) in [4.78, 5) is 0. The van der Waals surface area contributed by atoms with Gasteiger partial charge in [-0.15, -0.1) is 0 Å². The smallest absolute Gasteiger partial charge is 0.189 e. The van der Waals surface area contributed by atoms with Crippen LogP contribution in [0.4, 0.5) is 0 Å². The molecule has 2 aromatic rings. The van der Waals surface area contributed by atoms with Crippen LogP contribution in [-0.4, -0.2) is 25.8 Å². The normalized spacial score (nSPS) is 21.9. The summed E-state index contributed by atoms with van der Waals surface area (Å²) in [6.45, 7) is 0.713. The van der Waals surface area contributed by atoms with E-state index in [1.165, 1.54) is 56.9 Å². The zero-order valence-electron chi connectivity index (χ0n) is 19.3. The largest absolute Gasteiger partial charge is 0.468 e. The predicted octanol–water partition coefficient (Wildman–Crippen LogP) is 6.92. The molecule has 0 aliphatic heterocycles. The molecule has 2 aliphatic rings. The second kappa shape index (κ2) is 12.9. The first-order valence-electron chi connectivity index (χ1n) is 12.5. The van der Waals surface area contributed by atoms with E-state index in [2.05, 4.69) is 24.3 Å². The first-order chi connectivity index (χ1) is 15.8. The summed E-state index contributed by atoms with van der Waals surface area (Å²) in [5, 5.41) is 0. The van der Waals surface area contributed by atoms with Gasteiger partial charge < -0.3 is 18.9 Å². The van der Waals surface area contributed by atoms with Crippen LogP contribution >= 0.6 is 0 Å². The Hall–Kier alpha value is -2.04. The monoisotopic (exact) mass is 438 g/mol. The fourth-order valence-electron chi connectivity index (χ4n) is 4.86. The lowest BCUT2D eigenvalue weighted by Gasteiger charge is -2.28. The van der Waals surface area contributed by atoms with Gasteiger partial charge in [-0.3, -0.25) is 0 Å². The first kappa shape index (κ1) is 23.1. The molecule has 4 nitrogen and oxygen atoms in total. The Morgan fingerprint density at radius 3 is 1.84 bits per heavy atom. The number of benzene rings is 2. The molecule has 0 saturated heterocycles. The van der Waals surface area contributed by atoms with Gasteiger partial charge in [-0.2, -0.15) is 0 Å². The minimum Gasteiger partial charge on any atom is -0.468 e. The van der Waals surface area contributed by atoms with Gasteiger partial charge in [0.15, 0.2) is 13.6 Å². The second-order valence-electron chi connectivity index (χ2n) is 9.26. The van der Waals surface area contributed by atoms with Crippen molar-refractivity contribution in [2.24, 2.45) is 5.92 Å². The highest BCUT2D eigenvalue weighted by Gasteiger charge is 2.21. The van der Waals surface area contributed by atoms with Crippen molar-refractivity contribution in [3.05, 3.63) is 60.2 Å². The molecule has 2 aliphatic carbocycles. The van der Waals surface area contributed by atoms with Crippen LogP contribution in [-0.2, 0) is 15.9 Å². The molecule has 4 heteroatoms. The van der Waals surface area contributed by atoms with Crippen LogP contribution in [0.15, 0.2) is 54.6 Å². The SMILES string of the molecule is c1ccc(OCOC2CCC(CCc3ccc(OCOC4CCCCC4)cc3)CC2)cc1. The molecule has 0 amide bonds. The molecule has 0 bridgehead atoms. The van der Waals surface area contributed by atoms with Crippen molar-refractivity contribution in [3.8, 4) is 11.5 Å². The summed E-state index contributed by atoms with van der Waals surface area (Å²) in [5.41, 5.74) is 1.39. The third-order valence-electron chi connectivity index (χ3n) is 6.91. The molecule has 174 valence electrons. The molecular formula is C28H38O4. The van der Waals surface area contributed by atoms with E-state index < -0.39 is 0 Å². The van der Waals surface area contributed by atoms with E-state index >= 15 is 0 Å². The van der Waals surface area contributed by atoms with Crippen LogP contribution in [0.25, 0.3) is 0 Å². The standard InChI is InChI=1S/C28H38O4/c1-3-7-25(8-4-1)29-21-31-27-17-13-23(14-18-27)11-12-24-15-19-28(20-16-24)32-22-30-26-9-5-2-6-10-26/h1,3-4,7-8,15-16,19-20,23,26-27H,2,5-6,9-14,17-18,21-22H2. The zero-order chi connectivity index (χ0) is 21.8. The molecule has 2 aromatic carbocycles. The van der Waals surface area contributed by atoms with Crippen molar-refractivity contribution < 1.29 is 18.9 Å². The highest BCUT2D eigenvalue weighted by Crippen LogP contribution is 2.30. The summed E-state index contributed by atoms with van der Waals surface area (Å²) in [6, 6.07) is 18.4. The fraction of sp³-hybridized carbons (Fsp3) is 0.571. The van der Waals surface area contributed by atoms with Crippen molar-refractivity contribution in [2.45, 2.75) is 82.8 Å². The van der Waals surface area contributed by atoms with Gasteiger partial charge in [-0.1, -0.05) is 49.6 Å². The van der Waals surface area contributed by atoms with Crippen LogP contribution < -0.4 is 9.47 Å². The number of para-hydroxylation sites is 1. The van der Waals surface area contributed by atoms with Crippen molar-refractivity contribution in [1.82, 2.24) is 0 Å². The molecule has 0 atom stereocenters. The van der Waals surface area contributed by atoms with Gasteiger partial charge in [-0.25, -0.2) is 0 Å². The molecule has 2 saturated carbocycles. The minimum atomic E-state index is 0.335. The molecule has 0 heterocycles. The lowest BCUT2D eigenvalue weighted by molar-refractivity contribution is -0.0553. The van der Waals surface area contributed by atoms with Gasteiger partial charge in [0.05, 0.1) is 12.2 Å². The van der Waals surface area contributed by atoms with E-state index in [0.29, 0.717) is 25.8 Å². The van der Waals surface area contributed by atoms with E-state index in [1.807, 2.05) is 30.3 Å². The summed E-state index contributed by atoms with van der Waals surface area (Å²) in [7, 11) is 0. The third kappa shape index (κ3) is 7.83. The lowest BCUT2D eigenvalue weighted by atomic mass is 9.84. The highest BCUT2D eigenvalue weighted by molar-refractivity contribution is 5.27. The zero-order valence-corrected chi connectivity index (χ0v) is 19.3. The Balaban J connectivity index is 1.07. The number of hydrogen-bond acceptors (Lipinski definition) is 4. The number of ether oxygens (including phenoxy) is 4. The van der Waals surface area contributed by atoms with Crippen LogP contribution in [0.2, 0.25) is 0 Å². The van der Waals surface area contributed by atoms with Gasteiger partial charge in [0, 0.05) is 0 Å². The second-order valence-corrected chi connectivity index (χ2v) is 9.26. The van der Waals surface area contributed by atoms with E-state index in [4.69, 9.17) is 18.9 Å². The van der Waals surface area contributed by atoms with E-state index in [9.17, 15) is 0 Å². The average Bonchev–Trinajstić information content (AvgIpc) is 2.86. The number of rotatable bonds is 11. The van der Waals surface area contributed by atoms with Gasteiger partial charge >= 0.3 is 0 Å². The third-order valence-corrected chi connectivity index (χ3v) is 6.91. The summed E-state index contributed by atoms with van der Waals surface area (Å²) >= 11 is 0. The maximum Gasteiger partial charge on any atom is 0.189 e. The lowest BCUT2D eigenvalue weighted by Crippen LogP contribution is -2.23. The van der Waals surface area contributed by atoms with Crippen molar-refractivity contribution in [3.63, 3.8) is 0 Å². The van der Waals surface area contributed by atoms with Gasteiger partial charge in [0.2, 0.25) is 0 Å². The number of hydrogen-bond donors (Lipinski definition) is 0. The Morgan fingerprint density at radius 1 is 0.594 bits per heavy atom. The van der Waals surface area contributed by atoms with Crippen LogP contribution in [0.1, 0.15) is 69.8 Å². The summed E-state index contributed by atoms with van der Waals surface area (Å²) in [5.74, 6) is 2.57. The highest BCUT2D eigenvalue weighted by atomic mass is 16.7. The molecule has 2 fully saturated rings. The summed E-state index contributed by atoms with van der Waals surface area (Å²) in [6.07, 6.45) is 14.1. The molecule has 32 heavy (non-hydrogen) atoms. The quantitative estimate of drug-likeness (QED) is 0.357. The topological polar surface area (TPSA) is 36.9 Å². The fourth-order valence-corrected chi connectivity index (χ4v) is 4.86. The molecule has 0 spiro atoms. The van der Waals surface area contributed by atoms with E-state index in [-0.39, 0.29) is 0 Å². The van der Waals surface area contributed by atoms with Crippen LogP contribution in [0, 0.1) is 5.92 Å². The molecule has 0 unspecified atom stereocenters. The Bertz CT molecular complexity index is 747. The number of aryl methyl sites for hydroxylation is 1. The van der Waals surface area contributed by atoms with Crippen molar-refractivity contribution >= 4 is 0 Å². The molecular weight excluding hydrogens is 400 g/mol. The molecule has 0 N–H and O–H groups in total. The van der Waals surface area contributed by atoms with E-state index in [1.54, 1.807) is 0 Å². The summed E-state index contributed by atoms with van der Waals surface area (Å²) < 4.78 is 23.2.